The van der Waals surface area contributed by atoms with Crippen molar-refractivity contribution in [3.63, 3.8) is 0 Å². The van der Waals surface area contributed by atoms with Gasteiger partial charge in [0, 0.05) is 23.9 Å². The Morgan fingerprint density at radius 1 is 0.875 bits per heavy atom. The summed E-state index contributed by atoms with van der Waals surface area (Å²) >= 11 is 0. The lowest BCUT2D eigenvalue weighted by Crippen LogP contribution is -2.31. The van der Waals surface area contributed by atoms with E-state index in [1.807, 2.05) is 0 Å². The largest absolute Gasteiger partial charge is 0.397 e. The Kier molecular flexibility index (Phi) is 7.48. The maximum absolute atomic E-state index is 13.4. The van der Waals surface area contributed by atoms with Crippen LogP contribution in [0.4, 0.5) is 22.7 Å². The molecule has 5 N–H and O–H groups in total. The highest BCUT2D eigenvalue weighted by atomic mass is 32.3. The second kappa shape index (κ2) is 10.3. The van der Waals surface area contributed by atoms with Crippen molar-refractivity contribution >= 4 is 64.9 Å². The van der Waals surface area contributed by atoms with Gasteiger partial charge in [0.1, 0.15) is 4.90 Å². The summed E-state index contributed by atoms with van der Waals surface area (Å²) in [5.41, 5.74) is 4.73. The van der Waals surface area contributed by atoms with E-state index in [9.17, 15) is 39.4 Å². The van der Waals surface area contributed by atoms with Crippen LogP contribution in [-0.4, -0.2) is 65.3 Å². The molecule has 0 spiro atoms. The molecule has 0 atom stereocenters. The van der Waals surface area contributed by atoms with Gasteiger partial charge in [-0.2, -0.15) is 16.8 Å². The number of hydrogen-bond acceptors (Lipinski definition) is 11. The standard InChI is InChI=1S/C23H21N3O11S3/c1-26(38(29,30)10-9-37-40(34,35)36)14-6-4-5-13(11-14)25-17-12-18(39(31,32)33)21(24)20-19(17)22(27)15-7-2-3-8-16(15)23(20)28/h2-8,11-12,25H,9-10,24H2,1H3,(H,31,32,33)(H,34,35,36). The van der Waals surface area contributed by atoms with Crippen LogP contribution < -0.4 is 15.4 Å². The number of nitrogens with two attached hydrogens (primary N) is 1. The number of rotatable bonds is 9. The SMILES string of the molecule is CN(c1cccc(Nc2cc(S(=O)(=O)O)c(N)c3c2C(=O)c2ccccc2C3=O)c1)S(=O)(=O)CCOS(=O)(=O)O. The first-order valence-electron chi connectivity index (χ1n) is 11.1. The summed E-state index contributed by atoms with van der Waals surface area (Å²) < 4.78 is 94.1. The topological polar surface area (TPSA) is 228 Å². The van der Waals surface area contributed by atoms with E-state index in [2.05, 4.69) is 9.50 Å². The minimum Gasteiger partial charge on any atom is -0.397 e. The zero-order valence-corrected chi connectivity index (χ0v) is 22.9. The molecule has 0 unspecified atom stereocenters. The number of fused-ring (bicyclic) bond motifs is 2. The lowest BCUT2D eigenvalue weighted by Gasteiger charge is -2.24. The van der Waals surface area contributed by atoms with Gasteiger partial charge >= 0.3 is 10.4 Å². The van der Waals surface area contributed by atoms with Gasteiger partial charge in [0.05, 0.1) is 40.5 Å². The van der Waals surface area contributed by atoms with E-state index >= 15 is 0 Å². The van der Waals surface area contributed by atoms with Gasteiger partial charge < -0.3 is 11.1 Å². The van der Waals surface area contributed by atoms with E-state index in [0.29, 0.717) is 0 Å². The number of sulfonamides is 1. The Labute approximate surface area is 229 Å². The van der Waals surface area contributed by atoms with Crippen molar-refractivity contribution in [2.45, 2.75) is 4.90 Å². The molecule has 1 aliphatic carbocycles. The van der Waals surface area contributed by atoms with Crippen molar-refractivity contribution in [2.24, 2.45) is 0 Å². The molecule has 0 saturated carbocycles. The Morgan fingerprint density at radius 3 is 2.05 bits per heavy atom. The molecule has 4 rings (SSSR count). The molecule has 0 saturated heterocycles. The third-order valence-corrected chi connectivity index (χ3v) is 9.04. The number of nitrogens with zero attached hydrogens (tertiary/aromatic N) is 1. The molecular formula is C23H21N3O11S3. The Balaban J connectivity index is 1.77. The molecule has 3 aromatic rings. The van der Waals surface area contributed by atoms with Gasteiger partial charge in [0.2, 0.25) is 10.0 Å². The first-order chi connectivity index (χ1) is 18.5. The zero-order chi connectivity index (χ0) is 29.6. The normalized spacial score (nSPS) is 13.5. The van der Waals surface area contributed by atoms with Crippen LogP contribution in [0.25, 0.3) is 0 Å². The predicted molar refractivity (Wildman–Crippen MR) is 143 cm³/mol. The lowest BCUT2D eigenvalue weighted by molar-refractivity contribution is 0.0980. The summed E-state index contributed by atoms with van der Waals surface area (Å²) in [4.78, 5) is 25.9. The minimum absolute atomic E-state index is 0.00283. The number of carbonyl (C=O) groups excluding carboxylic acids is 2. The van der Waals surface area contributed by atoms with E-state index in [4.69, 9.17) is 10.3 Å². The lowest BCUT2D eigenvalue weighted by atomic mass is 9.82. The maximum Gasteiger partial charge on any atom is 0.397 e. The molecule has 0 amide bonds. The fraction of sp³-hybridized carbons (Fsp3) is 0.130. The van der Waals surface area contributed by atoms with Crippen LogP contribution in [0, 0.1) is 0 Å². The average Bonchev–Trinajstić information content (AvgIpc) is 2.86. The molecule has 0 bridgehead atoms. The molecule has 0 aromatic heterocycles. The number of anilines is 4. The number of benzene rings is 3. The molecule has 0 aliphatic heterocycles. The highest BCUT2D eigenvalue weighted by Gasteiger charge is 2.36. The maximum atomic E-state index is 13.4. The van der Waals surface area contributed by atoms with Crippen LogP contribution in [0.15, 0.2) is 59.5 Å². The van der Waals surface area contributed by atoms with Crippen LogP contribution in [-0.2, 0) is 34.7 Å². The fourth-order valence-corrected chi connectivity index (χ4v) is 6.13. The Morgan fingerprint density at radius 2 is 1.48 bits per heavy atom. The third kappa shape index (κ3) is 5.69. The van der Waals surface area contributed by atoms with Gasteiger partial charge in [-0.15, -0.1) is 0 Å². The second-order valence-corrected chi connectivity index (χ2v) is 13.1. The quantitative estimate of drug-likeness (QED) is 0.156. The van der Waals surface area contributed by atoms with Gasteiger partial charge in [-0.05, 0) is 24.3 Å². The van der Waals surface area contributed by atoms with Crippen LogP contribution in [0.5, 0.6) is 0 Å². The van der Waals surface area contributed by atoms with Crippen LogP contribution >= 0.6 is 0 Å². The van der Waals surface area contributed by atoms with Gasteiger partial charge in [-0.3, -0.25) is 23.0 Å². The van der Waals surface area contributed by atoms with Crippen LogP contribution in [0.1, 0.15) is 31.8 Å². The monoisotopic (exact) mass is 611 g/mol. The van der Waals surface area contributed by atoms with Crippen molar-refractivity contribution in [1.82, 2.24) is 0 Å². The number of nitrogen functional groups attached to an aromatic ring is 1. The van der Waals surface area contributed by atoms with Crippen molar-refractivity contribution in [1.29, 1.82) is 0 Å². The summed E-state index contributed by atoms with van der Waals surface area (Å²) in [5.74, 6) is -2.18. The fourth-order valence-electron chi connectivity index (χ4n) is 4.08. The molecular weight excluding hydrogens is 590 g/mol. The minimum atomic E-state index is -4.95. The second-order valence-electron chi connectivity index (χ2n) is 8.47. The van der Waals surface area contributed by atoms with E-state index in [1.165, 1.54) is 49.5 Å². The molecule has 0 fully saturated rings. The van der Waals surface area contributed by atoms with Gasteiger partial charge in [0.25, 0.3) is 10.1 Å². The molecule has 14 nitrogen and oxygen atoms in total. The zero-order valence-electron chi connectivity index (χ0n) is 20.4. The summed E-state index contributed by atoms with van der Waals surface area (Å²) in [5, 5.41) is 2.80. The number of nitrogens with one attached hydrogen (secondary N) is 1. The predicted octanol–water partition coefficient (Wildman–Crippen LogP) is 1.62. The first kappa shape index (κ1) is 29.1. The van der Waals surface area contributed by atoms with Crippen molar-refractivity contribution in [3.8, 4) is 0 Å². The average molecular weight is 612 g/mol. The van der Waals surface area contributed by atoms with E-state index < -0.39 is 70.6 Å². The molecule has 17 heteroatoms. The van der Waals surface area contributed by atoms with Gasteiger partial charge in [-0.25, -0.2) is 12.6 Å². The molecule has 0 heterocycles. The number of carbonyl (C=O) groups is 2. The van der Waals surface area contributed by atoms with E-state index in [-0.39, 0.29) is 33.8 Å². The first-order valence-corrected chi connectivity index (χ1v) is 15.5. The molecule has 212 valence electrons. The van der Waals surface area contributed by atoms with Crippen molar-refractivity contribution in [2.75, 3.05) is 34.8 Å². The smallest absolute Gasteiger partial charge is 0.397 e. The molecule has 0 radical (unpaired) electrons. The van der Waals surface area contributed by atoms with Crippen LogP contribution in [0.3, 0.4) is 0 Å². The molecule has 3 aromatic carbocycles. The summed E-state index contributed by atoms with van der Waals surface area (Å²) in [7, 11) is -12.8. The number of hydrogen-bond donors (Lipinski definition) is 4. The summed E-state index contributed by atoms with van der Waals surface area (Å²) in [6.45, 7) is -0.850. The Hall–Kier alpha value is -3.87. The van der Waals surface area contributed by atoms with Crippen molar-refractivity contribution in [3.05, 3.63) is 76.9 Å². The Bertz CT molecular complexity index is 1890. The van der Waals surface area contributed by atoms with Gasteiger partial charge in [0.15, 0.2) is 11.6 Å². The van der Waals surface area contributed by atoms with Crippen molar-refractivity contribution < 1.29 is 48.1 Å². The summed E-state index contributed by atoms with van der Waals surface area (Å²) in [6, 6.07) is 12.3. The van der Waals surface area contributed by atoms with E-state index in [1.54, 1.807) is 6.07 Å². The molecule has 40 heavy (non-hydrogen) atoms. The van der Waals surface area contributed by atoms with Crippen LogP contribution in [0.2, 0.25) is 0 Å². The highest BCUT2D eigenvalue weighted by molar-refractivity contribution is 7.92. The highest BCUT2D eigenvalue weighted by Crippen LogP contribution is 2.40. The van der Waals surface area contributed by atoms with E-state index in [0.717, 1.165) is 10.4 Å². The summed E-state index contributed by atoms with van der Waals surface area (Å²) in [6.07, 6.45) is 0. The van der Waals surface area contributed by atoms with Gasteiger partial charge in [-0.1, -0.05) is 30.3 Å². The number of ketones is 2. The third-order valence-electron chi connectivity index (χ3n) is 5.96. The molecule has 1 aliphatic rings.